The molecule has 196 valence electrons. The van der Waals surface area contributed by atoms with E-state index in [0.29, 0.717) is 31.5 Å². The summed E-state index contributed by atoms with van der Waals surface area (Å²) < 4.78 is 19.8. The Bertz CT molecular complexity index is 1310. The van der Waals surface area contributed by atoms with Gasteiger partial charge in [0.25, 0.3) is 11.8 Å². The fraction of sp³-hybridized carbons (Fsp3) is 0.310. The molecule has 2 aliphatic heterocycles. The lowest BCUT2D eigenvalue weighted by Gasteiger charge is -2.44. The molecule has 0 aliphatic carbocycles. The number of nitrogens with one attached hydrogen (secondary N) is 1. The molecule has 3 amide bonds. The van der Waals surface area contributed by atoms with Gasteiger partial charge in [-0.15, -0.1) is 0 Å². The van der Waals surface area contributed by atoms with Crippen LogP contribution >= 0.6 is 0 Å². The molecule has 2 fully saturated rings. The average Bonchev–Trinajstić information content (AvgIpc) is 3.31. The van der Waals surface area contributed by atoms with Gasteiger partial charge in [-0.25, -0.2) is 4.39 Å². The van der Waals surface area contributed by atoms with Gasteiger partial charge in [-0.3, -0.25) is 24.3 Å². The molecule has 2 aliphatic rings. The number of rotatable bonds is 5. The van der Waals surface area contributed by atoms with Crippen molar-refractivity contribution in [1.29, 1.82) is 0 Å². The van der Waals surface area contributed by atoms with E-state index >= 15 is 0 Å². The molecule has 3 aromatic rings. The maximum absolute atomic E-state index is 13.7. The first-order valence-corrected chi connectivity index (χ1v) is 12.6. The van der Waals surface area contributed by atoms with E-state index in [1.807, 2.05) is 25.1 Å². The van der Waals surface area contributed by atoms with Crippen LogP contribution in [-0.2, 0) is 16.1 Å². The molecule has 9 heteroatoms. The van der Waals surface area contributed by atoms with Gasteiger partial charge in [-0.1, -0.05) is 23.8 Å². The Morgan fingerprint density at radius 2 is 1.66 bits per heavy atom. The largest absolute Gasteiger partial charge is 0.353 e. The highest BCUT2D eigenvalue weighted by Crippen LogP contribution is 2.39. The van der Waals surface area contributed by atoms with E-state index in [1.165, 1.54) is 29.2 Å². The first-order chi connectivity index (χ1) is 18.4. The molecular formula is C29H29FN4O4. The lowest BCUT2D eigenvalue weighted by Crippen LogP contribution is -2.59. The summed E-state index contributed by atoms with van der Waals surface area (Å²) in [4.78, 5) is 47.4. The predicted molar refractivity (Wildman–Crippen MR) is 137 cm³/mol. The fourth-order valence-electron chi connectivity index (χ4n) is 5.05. The van der Waals surface area contributed by atoms with E-state index in [2.05, 4.69) is 10.3 Å². The number of ether oxygens (including phenoxy) is 1. The number of carbonyl (C=O) groups is 3. The number of nitrogens with zero attached hydrogens (tertiary/aromatic N) is 3. The number of amides is 3. The van der Waals surface area contributed by atoms with Gasteiger partial charge >= 0.3 is 0 Å². The second-order valence-corrected chi connectivity index (χ2v) is 9.69. The van der Waals surface area contributed by atoms with Crippen molar-refractivity contribution in [2.24, 2.45) is 0 Å². The van der Waals surface area contributed by atoms with Gasteiger partial charge in [0, 0.05) is 56.0 Å². The monoisotopic (exact) mass is 516 g/mol. The zero-order chi connectivity index (χ0) is 26.7. The molecule has 1 spiro atoms. The summed E-state index contributed by atoms with van der Waals surface area (Å²) in [6.07, 6.45) is 4.02. The highest BCUT2D eigenvalue weighted by molar-refractivity contribution is 5.98. The fourth-order valence-corrected chi connectivity index (χ4v) is 5.05. The SMILES string of the molecule is Cc1ccc(C(=O)N2CCC3(CC2)OCC(C(=O)NCc2cccnc2)N3C(=O)c2ccc(F)cc2)cc1. The van der Waals surface area contributed by atoms with E-state index in [9.17, 15) is 18.8 Å². The number of pyridine rings is 1. The van der Waals surface area contributed by atoms with Crippen molar-refractivity contribution in [3.05, 3.63) is 101 Å². The highest BCUT2D eigenvalue weighted by atomic mass is 19.1. The van der Waals surface area contributed by atoms with Crippen molar-refractivity contribution < 1.29 is 23.5 Å². The molecule has 38 heavy (non-hydrogen) atoms. The quantitative estimate of drug-likeness (QED) is 0.562. The molecule has 5 rings (SSSR count). The minimum atomic E-state index is -1.05. The Morgan fingerprint density at radius 3 is 2.32 bits per heavy atom. The molecule has 0 radical (unpaired) electrons. The number of aromatic nitrogens is 1. The van der Waals surface area contributed by atoms with E-state index in [1.54, 1.807) is 35.5 Å². The molecule has 2 saturated heterocycles. The predicted octanol–water partition coefficient (Wildman–Crippen LogP) is 3.32. The summed E-state index contributed by atoms with van der Waals surface area (Å²) in [6, 6.07) is 15.4. The molecule has 1 aromatic heterocycles. The molecule has 1 unspecified atom stereocenters. The van der Waals surface area contributed by atoms with E-state index in [4.69, 9.17) is 4.74 Å². The van der Waals surface area contributed by atoms with Crippen LogP contribution in [0.5, 0.6) is 0 Å². The van der Waals surface area contributed by atoms with Gasteiger partial charge in [0.15, 0.2) is 0 Å². The molecule has 8 nitrogen and oxygen atoms in total. The Balaban J connectivity index is 1.36. The number of likely N-dealkylation sites (tertiary alicyclic amines) is 1. The third-order valence-corrected chi connectivity index (χ3v) is 7.19. The smallest absolute Gasteiger partial charge is 0.256 e. The maximum atomic E-state index is 13.7. The van der Waals surface area contributed by atoms with Crippen LogP contribution in [0.4, 0.5) is 4.39 Å². The van der Waals surface area contributed by atoms with Gasteiger partial charge in [-0.05, 0) is 55.0 Å². The first-order valence-electron chi connectivity index (χ1n) is 12.6. The Morgan fingerprint density at radius 1 is 1.00 bits per heavy atom. The third kappa shape index (κ3) is 5.15. The topological polar surface area (TPSA) is 91.8 Å². The lowest BCUT2D eigenvalue weighted by atomic mass is 9.96. The van der Waals surface area contributed by atoms with E-state index < -0.39 is 23.5 Å². The van der Waals surface area contributed by atoms with E-state index in [-0.39, 0.29) is 30.5 Å². The Hall–Kier alpha value is -4.11. The van der Waals surface area contributed by atoms with Crippen molar-refractivity contribution >= 4 is 17.7 Å². The zero-order valence-electron chi connectivity index (χ0n) is 21.1. The number of carbonyl (C=O) groups excluding carboxylic acids is 3. The summed E-state index contributed by atoms with van der Waals surface area (Å²) in [5, 5.41) is 2.88. The van der Waals surface area contributed by atoms with Crippen molar-refractivity contribution in [1.82, 2.24) is 20.1 Å². The molecular weight excluding hydrogens is 487 g/mol. The van der Waals surface area contributed by atoms with Gasteiger partial charge < -0.3 is 15.0 Å². The van der Waals surface area contributed by atoms with Gasteiger partial charge in [-0.2, -0.15) is 0 Å². The van der Waals surface area contributed by atoms with E-state index in [0.717, 1.165) is 11.1 Å². The van der Waals surface area contributed by atoms with Crippen molar-refractivity contribution in [3.63, 3.8) is 0 Å². The van der Waals surface area contributed by atoms with Crippen LogP contribution in [-0.4, -0.2) is 64.0 Å². The Kier molecular flexibility index (Phi) is 7.20. The number of hydrogen-bond acceptors (Lipinski definition) is 5. The summed E-state index contributed by atoms with van der Waals surface area (Å²) in [5.41, 5.74) is 1.71. The van der Waals surface area contributed by atoms with Crippen LogP contribution < -0.4 is 5.32 Å². The van der Waals surface area contributed by atoms with Crippen LogP contribution in [0.2, 0.25) is 0 Å². The Labute approximate surface area is 220 Å². The van der Waals surface area contributed by atoms with Gasteiger partial charge in [0.2, 0.25) is 5.91 Å². The minimum Gasteiger partial charge on any atom is -0.353 e. The summed E-state index contributed by atoms with van der Waals surface area (Å²) in [6.45, 7) is 2.98. The molecule has 0 saturated carbocycles. The summed E-state index contributed by atoms with van der Waals surface area (Å²) in [7, 11) is 0. The number of aryl methyl sites for hydroxylation is 1. The second-order valence-electron chi connectivity index (χ2n) is 9.69. The highest BCUT2D eigenvalue weighted by Gasteiger charge is 2.54. The average molecular weight is 517 g/mol. The standard InChI is InChI=1S/C29H29FN4O4/c1-20-4-6-22(7-5-20)27(36)33-15-12-29(13-16-33)34(28(37)23-8-10-24(30)11-9-23)25(19-38-29)26(35)32-18-21-3-2-14-31-17-21/h2-11,14,17,25H,12-13,15-16,18-19H2,1H3,(H,32,35). The number of halogens is 1. The van der Waals surface area contributed by atoms with Crippen molar-refractivity contribution in [2.45, 2.75) is 38.1 Å². The molecule has 0 bridgehead atoms. The maximum Gasteiger partial charge on any atom is 0.256 e. The zero-order valence-corrected chi connectivity index (χ0v) is 21.1. The van der Waals surface area contributed by atoms with Gasteiger partial charge in [0.05, 0.1) is 6.61 Å². The third-order valence-electron chi connectivity index (χ3n) is 7.19. The van der Waals surface area contributed by atoms with Crippen LogP contribution in [0.15, 0.2) is 73.1 Å². The summed E-state index contributed by atoms with van der Waals surface area (Å²) >= 11 is 0. The summed E-state index contributed by atoms with van der Waals surface area (Å²) in [5.74, 6) is -1.30. The normalized spacial score (nSPS) is 18.4. The first kappa shape index (κ1) is 25.5. The number of hydrogen-bond donors (Lipinski definition) is 1. The van der Waals surface area contributed by atoms with Crippen LogP contribution in [0.3, 0.4) is 0 Å². The molecule has 1 N–H and O–H groups in total. The molecule has 3 heterocycles. The van der Waals surface area contributed by atoms with Crippen LogP contribution in [0.25, 0.3) is 0 Å². The van der Waals surface area contributed by atoms with Crippen LogP contribution in [0.1, 0.15) is 44.7 Å². The molecule has 1 atom stereocenters. The van der Waals surface area contributed by atoms with Crippen molar-refractivity contribution in [2.75, 3.05) is 19.7 Å². The van der Waals surface area contributed by atoms with Gasteiger partial charge in [0.1, 0.15) is 17.6 Å². The van der Waals surface area contributed by atoms with Crippen molar-refractivity contribution in [3.8, 4) is 0 Å². The minimum absolute atomic E-state index is 0.0255. The number of piperidine rings is 1. The lowest BCUT2D eigenvalue weighted by molar-refractivity contribution is -0.128. The number of benzene rings is 2. The second kappa shape index (κ2) is 10.7. The molecule has 2 aromatic carbocycles. The van der Waals surface area contributed by atoms with Crippen LogP contribution in [0, 0.1) is 12.7 Å².